The maximum atomic E-state index is 10.3. The van der Waals surface area contributed by atoms with Crippen molar-refractivity contribution in [3.8, 4) is 0 Å². The maximum Gasteiger partial charge on any atom is 2.00 e. The summed E-state index contributed by atoms with van der Waals surface area (Å²) in [7, 11) is 0. The van der Waals surface area contributed by atoms with E-state index >= 15 is 0 Å². The molecule has 1 radical (unpaired) electrons. The van der Waals surface area contributed by atoms with Crippen molar-refractivity contribution >= 4 is 23.2 Å². The zero-order valence-corrected chi connectivity index (χ0v) is 30.0. The summed E-state index contributed by atoms with van der Waals surface area (Å²) in [6.07, 6.45) is 1.65. The number of rotatable bonds is 10. The Kier molecular flexibility index (Phi) is 23.9. The molecule has 4 aromatic carbocycles. The van der Waals surface area contributed by atoms with E-state index in [1.165, 1.54) is 0 Å². The van der Waals surface area contributed by atoms with E-state index in [4.69, 9.17) is 23.2 Å². The van der Waals surface area contributed by atoms with Crippen LogP contribution in [0.2, 0.25) is 10.0 Å². The van der Waals surface area contributed by atoms with Gasteiger partial charge in [0.25, 0.3) is 0 Å². The van der Waals surface area contributed by atoms with E-state index < -0.39 is 0 Å². The zero-order valence-electron chi connectivity index (χ0n) is 27.4. The normalized spacial score (nSPS) is 10.7. The van der Waals surface area contributed by atoms with Crippen molar-refractivity contribution in [3.63, 3.8) is 0 Å². The summed E-state index contributed by atoms with van der Waals surface area (Å²) in [5, 5.41) is 13.6. The molecule has 0 saturated carbocycles. The second-order valence-corrected chi connectivity index (χ2v) is 10.9. The molecule has 0 fully saturated rings. The van der Waals surface area contributed by atoms with E-state index in [0.717, 1.165) is 69.6 Å². The number of halogens is 2. The number of benzene rings is 4. The molecule has 0 saturated heterocycles. The molecule has 9 heteroatoms. The topological polar surface area (TPSA) is 82.9 Å². The molecule has 0 aliphatic carbocycles. The molecule has 0 unspecified atom stereocenters. The average molecular weight is 719 g/mol. The molecule has 0 heterocycles. The molecule has 47 heavy (non-hydrogen) atoms. The third kappa shape index (κ3) is 20.0. The first-order valence-electron chi connectivity index (χ1n) is 14.8. The molecule has 0 aliphatic rings. The Morgan fingerprint density at radius 2 is 0.851 bits per heavy atom. The summed E-state index contributed by atoms with van der Waals surface area (Å²) in [6.45, 7) is 16.0. The molecular formula is C38H44Cl2CoN4O2. The quantitative estimate of drug-likeness (QED) is 0.126. The van der Waals surface area contributed by atoms with Crippen LogP contribution in [0.25, 0.3) is 0 Å². The monoisotopic (exact) mass is 717 g/mol. The van der Waals surface area contributed by atoms with Crippen LogP contribution in [0.1, 0.15) is 49.9 Å². The Labute approximate surface area is 301 Å². The van der Waals surface area contributed by atoms with Gasteiger partial charge < -0.3 is 10.6 Å². The molecular weight excluding hydrogens is 674 g/mol. The van der Waals surface area contributed by atoms with Crippen LogP contribution in [0, 0.1) is 23.7 Å². The van der Waals surface area contributed by atoms with Crippen LogP contribution in [-0.2, 0) is 29.6 Å². The molecule has 0 aliphatic heterocycles. The van der Waals surface area contributed by atoms with Gasteiger partial charge in [0.05, 0.1) is 0 Å². The number of nitroso groups, excluding NO2 is 2. The van der Waals surface area contributed by atoms with Crippen molar-refractivity contribution in [2.75, 3.05) is 13.1 Å². The number of hydrogen-bond donors (Lipinski definition) is 2. The van der Waals surface area contributed by atoms with E-state index in [-0.39, 0.29) is 16.8 Å². The van der Waals surface area contributed by atoms with Gasteiger partial charge in [-0.3, -0.25) is 0 Å². The predicted molar refractivity (Wildman–Crippen MR) is 196 cm³/mol. The minimum atomic E-state index is 0. The molecule has 0 amide bonds. The molecule has 0 atom stereocenters. The standard InChI is InChI=1S/2C12H15ClN2O.2C7H7.Co/c2*1-9(10(2)15-16)14-8-7-11-5-3-4-6-12(11)13;2*1-7-5-3-2-4-6-7;/h2*3-6,14H,7-8H2,1-2H3;2*2-6H,1H2;/q;;2*-1;+2. The Bertz CT molecular complexity index is 1400. The van der Waals surface area contributed by atoms with E-state index in [9.17, 15) is 9.81 Å². The minimum Gasteiger partial charge on any atom is -0.387 e. The maximum absolute atomic E-state index is 10.3. The van der Waals surface area contributed by atoms with Crippen molar-refractivity contribution in [3.05, 3.63) is 188 Å². The summed E-state index contributed by atoms with van der Waals surface area (Å²) < 4.78 is 0. The van der Waals surface area contributed by atoms with Gasteiger partial charge in [-0.1, -0.05) is 71.7 Å². The van der Waals surface area contributed by atoms with Gasteiger partial charge in [0, 0.05) is 34.5 Å². The smallest absolute Gasteiger partial charge is 0.387 e. The van der Waals surface area contributed by atoms with Crippen LogP contribution >= 0.6 is 23.2 Å². The van der Waals surface area contributed by atoms with Crippen LogP contribution < -0.4 is 10.6 Å². The first kappa shape index (κ1) is 43.0. The summed E-state index contributed by atoms with van der Waals surface area (Å²) in [5.74, 6) is 0. The van der Waals surface area contributed by atoms with Gasteiger partial charge >= 0.3 is 16.8 Å². The van der Waals surface area contributed by atoms with Crippen molar-refractivity contribution in [1.29, 1.82) is 0 Å². The molecule has 0 aromatic heterocycles. The van der Waals surface area contributed by atoms with E-state index in [1.807, 2.05) is 123 Å². The Hall–Kier alpha value is -4.01. The number of nitrogens with one attached hydrogen (secondary N) is 2. The van der Waals surface area contributed by atoms with E-state index in [0.29, 0.717) is 11.4 Å². The number of hydrogen-bond acceptors (Lipinski definition) is 6. The van der Waals surface area contributed by atoms with Crippen molar-refractivity contribution < 1.29 is 16.8 Å². The molecule has 4 rings (SSSR count). The van der Waals surface area contributed by atoms with Crippen LogP contribution in [-0.4, -0.2) is 13.1 Å². The van der Waals surface area contributed by atoms with Crippen molar-refractivity contribution in [1.82, 2.24) is 10.6 Å². The Morgan fingerprint density at radius 1 is 0.553 bits per heavy atom. The second-order valence-electron chi connectivity index (χ2n) is 10.1. The molecule has 4 aromatic rings. The fourth-order valence-corrected chi connectivity index (χ4v) is 3.98. The number of nitrogens with zero attached hydrogens (tertiary/aromatic N) is 2. The molecule has 2 N–H and O–H groups in total. The van der Waals surface area contributed by atoms with Crippen molar-refractivity contribution in [2.45, 2.75) is 40.5 Å². The van der Waals surface area contributed by atoms with Gasteiger partial charge in [0.15, 0.2) is 0 Å². The van der Waals surface area contributed by atoms with Gasteiger partial charge in [-0.15, -0.1) is 34.1 Å². The van der Waals surface area contributed by atoms with Crippen LogP contribution in [0.3, 0.4) is 0 Å². The molecule has 6 nitrogen and oxygen atoms in total. The summed E-state index contributed by atoms with van der Waals surface area (Å²) in [5.41, 5.74) is 6.93. The van der Waals surface area contributed by atoms with Crippen LogP contribution in [0.15, 0.2) is 142 Å². The minimum absolute atomic E-state index is 0. The third-order valence-corrected chi connectivity index (χ3v) is 7.27. The summed E-state index contributed by atoms with van der Waals surface area (Å²) >= 11 is 12.0. The van der Waals surface area contributed by atoms with Crippen molar-refractivity contribution in [2.24, 2.45) is 10.4 Å². The first-order valence-corrected chi connectivity index (χ1v) is 15.5. The van der Waals surface area contributed by atoms with E-state index in [1.54, 1.807) is 13.8 Å². The SMILES string of the molecule is CC(N=O)=C(C)NCCc1ccccc1Cl.CC(N=O)=C(C)NCCc1ccccc1Cl.[CH2-]c1ccccc1.[CH2-]c1ccccc1.[Co+2]. The Morgan fingerprint density at radius 3 is 1.11 bits per heavy atom. The summed E-state index contributed by atoms with van der Waals surface area (Å²) in [4.78, 5) is 20.5. The predicted octanol–water partition coefficient (Wildman–Crippen LogP) is 10.7. The average Bonchev–Trinajstić information content (AvgIpc) is 3.07. The number of allylic oxidation sites excluding steroid dienone is 4. The van der Waals surface area contributed by atoms with Gasteiger partial charge in [-0.2, -0.15) is 49.2 Å². The van der Waals surface area contributed by atoms with E-state index in [2.05, 4.69) is 34.8 Å². The van der Waals surface area contributed by atoms with Crippen LogP contribution in [0.5, 0.6) is 0 Å². The first-order chi connectivity index (χ1) is 22.1. The molecule has 0 bridgehead atoms. The summed E-state index contributed by atoms with van der Waals surface area (Å²) in [6, 6.07) is 35.2. The van der Waals surface area contributed by atoms with Gasteiger partial charge in [-0.25, -0.2) is 0 Å². The largest absolute Gasteiger partial charge is 2.00 e. The fourth-order valence-electron chi connectivity index (χ4n) is 3.52. The van der Waals surface area contributed by atoms with Gasteiger partial charge in [0.2, 0.25) is 0 Å². The van der Waals surface area contributed by atoms with Gasteiger partial charge in [0.1, 0.15) is 11.4 Å². The fraction of sp³-hybridized carbons (Fsp3) is 0.211. The third-order valence-electron chi connectivity index (χ3n) is 6.53. The zero-order chi connectivity index (χ0) is 34.2. The second kappa shape index (κ2) is 26.1. The Balaban J connectivity index is 0.000000636. The molecule has 251 valence electrons. The van der Waals surface area contributed by atoms with Gasteiger partial charge in [-0.05, 0) is 74.1 Å². The molecule has 0 spiro atoms. The van der Waals surface area contributed by atoms with Crippen LogP contribution in [0.4, 0.5) is 0 Å².